The summed E-state index contributed by atoms with van der Waals surface area (Å²) in [4.78, 5) is 31.1. The van der Waals surface area contributed by atoms with E-state index in [2.05, 4.69) is 15.7 Å². The molecule has 10 nitrogen and oxygen atoms in total. The van der Waals surface area contributed by atoms with Gasteiger partial charge in [0.05, 0.1) is 36.8 Å². The van der Waals surface area contributed by atoms with Crippen molar-refractivity contribution in [2.45, 2.75) is 62.6 Å². The number of fused-ring (bicyclic) bond motifs is 1. The summed E-state index contributed by atoms with van der Waals surface area (Å²) in [5.41, 5.74) is 1.84. The Morgan fingerprint density at radius 2 is 2.09 bits per heavy atom. The molecule has 2 aromatic rings. The standard InChI is InChI=1S/C23H30F2N6O4/c1-34-13-18(30-9-8-26-21(30)32)15-10-19-28-17(12-31(19)27-11-15)20(29-22(33)35-16-2-3-16)14-4-6-23(24,25)7-5-14/h10-12,14,16,18,20H,2-9,13H2,1H3,(H,26,32)(H,29,33). The van der Waals surface area contributed by atoms with E-state index in [1.165, 1.54) is 0 Å². The quantitative estimate of drug-likeness (QED) is 0.586. The van der Waals surface area contributed by atoms with Crippen molar-refractivity contribution < 1.29 is 27.8 Å². The molecule has 2 N–H and O–H groups in total. The highest BCUT2D eigenvalue weighted by Crippen LogP contribution is 2.41. The van der Waals surface area contributed by atoms with E-state index in [-0.39, 0.29) is 49.8 Å². The third-order valence-corrected chi connectivity index (χ3v) is 6.96. The molecule has 2 atom stereocenters. The molecular formula is C23H30F2N6O4. The summed E-state index contributed by atoms with van der Waals surface area (Å²) in [5.74, 6) is -2.87. The van der Waals surface area contributed by atoms with E-state index in [0.29, 0.717) is 31.0 Å². The Morgan fingerprint density at radius 1 is 1.31 bits per heavy atom. The van der Waals surface area contributed by atoms with Gasteiger partial charge in [-0.2, -0.15) is 5.10 Å². The lowest BCUT2D eigenvalue weighted by atomic mass is 9.81. The van der Waals surface area contributed by atoms with Crippen LogP contribution in [0.15, 0.2) is 18.5 Å². The van der Waals surface area contributed by atoms with Crippen molar-refractivity contribution >= 4 is 17.8 Å². The maximum absolute atomic E-state index is 13.8. The van der Waals surface area contributed by atoms with Gasteiger partial charge in [-0.15, -0.1) is 0 Å². The number of amides is 3. The van der Waals surface area contributed by atoms with Gasteiger partial charge in [0.15, 0.2) is 5.65 Å². The number of carbonyl (C=O) groups excluding carboxylic acids is 2. The number of methoxy groups -OCH3 is 1. The Kier molecular flexibility index (Phi) is 6.47. The number of ether oxygens (including phenoxy) is 2. The van der Waals surface area contributed by atoms with Crippen molar-refractivity contribution in [3.63, 3.8) is 0 Å². The molecule has 2 unspecified atom stereocenters. The smallest absolute Gasteiger partial charge is 0.407 e. The van der Waals surface area contributed by atoms with Crippen LogP contribution in [-0.4, -0.2) is 70.5 Å². The highest BCUT2D eigenvalue weighted by molar-refractivity contribution is 5.76. The van der Waals surface area contributed by atoms with Gasteiger partial charge < -0.3 is 25.0 Å². The predicted octanol–water partition coefficient (Wildman–Crippen LogP) is 3.20. The monoisotopic (exact) mass is 492 g/mol. The molecule has 0 aromatic carbocycles. The summed E-state index contributed by atoms with van der Waals surface area (Å²) < 4.78 is 39.9. The highest BCUT2D eigenvalue weighted by atomic mass is 19.3. The van der Waals surface area contributed by atoms with E-state index < -0.39 is 18.1 Å². The number of hydrogen-bond donors (Lipinski definition) is 2. The fraction of sp³-hybridized carbons (Fsp3) is 0.652. The summed E-state index contributed by atoms with van der Waals surface area (Å²) in [7, 11) is 1.57. The molecule has 190 valence electrons. The second kappa shape index (κ2) is 9.56. The number of nitrogens with zero attached hydrogens (tertiary/aromatic N) is 4. The molecule has 0 spiro atoms. The summed E-state index contributed by atoms with van der Waals surface area (Å²) in [6.45, 7) is 1.42. The third kappa shape index (κ3) is 5.31. The van der Waals surface area contributed by atoms with Crippen LogP contribution in [0, 0.1) is 5.92 Å². The molecule has 3 heterocycles. The molecule has 5 rings (SSSR count). The van der Waals surface area contributed by atoms with Crippen molar-refractivity contribution in [1.82, 2.24) is 30.1 Å². The van der Waals surface area contributed by atoms with Gasteiger partial charge in [0.25, 0.3) is 0 Å². The minimum absolute atomic E-state index is 0.0721. The van der Waals surface area contributed by atoms with Crippen molar-refractivity contribution in [3.8, 4) is 0 Å². The Hall–Kier alpha value is -3.02. The van der Waals surface area contributed by atoms with Gasteiger partial charge in [-0.1, -0.05) is 0 Å². The Balaban J connectivity index is 1.41. The van der Waals surface area contributed by atoms with Gasteiger partial charge in [0.1, 0.15) is 6.10 Å². The Bertz CT molecular complexity index is 1080. The van der Waals surface area contributed by atoms with Crippen molar-refractivity contribution in [2.75, 3.05) is 26.8 Å². The largest absolute Gasteiger partial charge is 0.446 e. The van der Waals surface area contributed by atoms with Crippen molar-refractivity contribution in [2.24, 2.45) is 5.92 Å². The lowest BCUT2D eigenvalue weighted by Crippen LogP contribution is -2.37. The summed E-state index contributed by atoms with van der Waals surface area (Å²) >= 11 is 0. The molecule has 3 amide bonds. The fourth-order valence-corrected chi connectivity index (χ4v) is 4.88. The van der Waals surface area contributed by atoms with E-state index in [9.17, 15) is 18.4 Å². The topological polar surface area (TPSA) is 110 Å². The van der Waals surface area contributed by atoms with Crippen LogP contribution in [0.3, 0.4) is 0 Å². The number of rotatable bonds is 8. The van der Waals surface area contributed by atoms with Crippen molar-refractivity contribution in [3.05, 3.63) is 29.7 Å². The van der Waals surface area contributed by atoms with E-state index >= 15 is 0 Å². The zero-order valence-electron chi connectivity index (χ0n) is 19.6. The number of alkyl halides is 2. The Labute approximate surface area is 201 Å². The second-order valence-electron chi connectivity index (χ2n) is 9.57. The molecular weight excluding hydrogens is 462 g/mol. The van der Waals surface area contributed by atoms with Gasteiger partial charge in [0, 0.05) is 38.6 Å². The zero-order chi connectivity index (χ0) is 24.6. The maximum atomic E-state index is 13.8. The number of carbonyl (C=O) groups is 2. The molecule has 2 aromatic heterocycles. The molecule has 3 aliphatic rings. The van der Waals surface area contributed by atoms with E-state index in [1.54, 1.807) is 28.9 Å². The van der Waals surface area contributed by atoms with E-state index in [1.807, 2.05) is 6.07 Å². The highest BCUT2D eigenvalue weighted by Gasteiger charge is 2.40. The molecule has 12 heteroatoms. The Morgan fingerprint density at radius 3 is 2.74 bits per heavy atom. The molecule has 1 saturated heterocycles. The summed E-state index contributed by atoms with van der Waals surface area (Å²) in [6.07, 6.45) is 4.53. The number of nitrogens with one attached hydrogen (secondary N) is 2. The van der Waals surface area contributed by atoms with Crippen molar-refractivity contribution in [1.29, 1.82) is 0 Å². The minimum Gasteiger partial charge on any atom is -0.446 e. The van der Waals surface area contributed by atoms with Gasteiger partial charge in [-0.25, -0.2) is 27.9 Å². The molecule has 0 bridgehead atoms. The van der Waals surface area contributed by atoms with Crippen LogP contribution in [0.2, 0.25) is 0 Å². The molecule has 3 fully saturated rings. The third-order valence-electron chi connectivity index (χ3n) is 6.96. The average molecular weight is 493 g/mol. The summed E-state index contributed by atoms with van der Waals surface area (Å²) in [5, 5.41) is 10.1. The molecule has 2 saturated carbocycles. The number of urea groups is 1. The van der Waals surface area contributed by atoms with Crippen LogP contribution in [0.5, 0.6) is 0 Å². The molecule has 1 aliphatic heterocycles. The second-order valence-corrected chi connectivity index (χ2v) is 9.57. The summed E-state index contributed by atoms with van der Waals surface area (Å²) in [6, 6.07) is 0.772. The van der Waals surface area contributed by atoms with Gasteiger partial charge in [0.2, 0.25) is 5.92 Å². The molecule has 35 heavy (non-hydrogen) atoms. The molecule has 0 radical (unpaired) electrons. The van der Waals surface area contributed by atoms with Gasteiger partial charge in [-0.05, 0) is 37.7 Å². The van der Waals surface area contributed by atoms with Crippen LogP contribution in [-0.2, 0) is 9.47 Å². The maximum Gasteiger partial charge on any atom is 0.407 e. The minimum atomic E-state index is -2.68. The van der Waals surface area contributed by atoms with Gasteiger partial charge >= 0.3 is 12.1 Å². The lowest BCUT2D eigenvalue weighted by molar-refractivity contribution is -0.0497. The fourth-order valence-electron chi connectivity index (χ4n) is 4.88. The average Bonchev–Trinajstić information content (AvgIpc) is 3.37. The number of hydrogen-bond acceptors (Lipinski definition) is 6. The molecule has 2 aliphatic carbocycles. The van der Waals surface area contributed by atoms with E-state index in [0.717, 1.165) is 18.4 Å². The van der Waals surface area contributed by atoms with Crippen LogP contribution in [0.4, 0.5) is 18.4 Å². The predicted molar refractivity (Wildman–Crippen MR) is 120 cm³/mol. The van der Waals surface area contributed by atoms with Crippen LogP contribution in [0.1, 0.15) is 61.9 Å². The van der Waals surface area contributed by atoms with Crippen LogP contribution >= 0.6 is 0 Å². The zero-order valence-corrected chi connectivity index (χ0v) is 19.6. The van der Waals surface area contributed by atoms with Crippen LogP contribution < -0.4 is 10.6 Å². The number of halogens is 2. The van der Waals surface area contributed by atoms with Gasteiger partial charge in [-0.3, -0.25) is 0 Å². The number of aromatic nitrogens is 3. The first-order valence-electron chi connectivity index (χ1n) is 12.1. The lowest BCUT2D eigenvalue weighted by Gasteiger charge is -2.33. The SMILES string of the molecule is COCC(c1cnn2cc(C(NC(=O)OC3CC3)C3CCC(F)(F)CC3)nc2c1)N1CCNC1=O. The normalized spacial score (nSPS) is 22.1. The van der Waals surface area contributed by atoms with E-state index in [4.69, 9.17) is 14.5 Å². The number of alkyl carbamates (subject to hydrolysis) is 1. The first kappa shape index (κ1) is 23.7. The first-order chi connectivity index (χ1) is 16.8. The number of imidazole rings is 1. The first-order valence-corrected chi connectivity index (χ1v) is 12.1. The van der Waals surface area contributed by atoms with Crippen LogP contribution in [0.25, 0.3) is 5.65 Å².